The Balaban J connectivity index is 3.01. The first kappa shape index (κ1) is 11.9. The number of hydroxylamine groups is 1. The molecule has 0 aliphatic rings. The number of carboxylic acid groups (broad SMARTS) is 1. The third-order valence-corrected chi connectivity index (χ3v) is 1.79. The van der Waals surface area contributed by atoms with E-state index in [0.717, 1.165) is 6.08 Å². The SMILES string of the molecule is CONC(=O)/C=C(\C(=O)O)c1ccccc1. The summed E-state index contributed by atoms with van der Waals surface area (Å²) in [4.78, 5) is 26.5. The zero-order chi connectivity index (χ0) is 12.0. The number of amides is 1. The third kappa shape index (κ3) is 3.21. The van der Waals surface area contributed by atoms with Crippen LogP contribution in [0.2, 0.25) is 0 Å². The molecule has 1 rings (SSSR count). The summed E-state index contributed by atoms with van der Waals surface area (Å²) in [5.41, 5.74) is 2.39. The first-order valence-corrected chi connectivity index (χ1v) is 4.48. The predicted octanol–water partition coefficient (Wildman–Crippen LogP) is 0.832. The molecule has 0 unspecified atom stereocenters. The van der Waals surface area contributed by atoms with Crippen molar-refractivity contribution in [2.45, 2.75) is 0 Å². The van der Waals surface area contributed by atoms with E-state index in [0.29, 0.717) is 5.56 Å². The van der Waals surface area contributed by atoms with Crippen LogP contribution in [0.1, 0.15) is 5.56 Å². The molecule has 84 valence electrons. The van der Waals surface area contributed by atoms with E-state index in [-0.39, 0.29) is 5.57 Å². The summed E-state index contributed by atoms with van der Waals surface area (Å²) in [5, 5.41) is 8.95. The van der Waals surface area contributed by atoms with Crippen LogP contribution in [0.15, 0.2) is 36.4 Å². The third-order valence-electron chi connectivity index (χ3n) is 1.79. The maximum Gasteiger partial charge on any atom is 0.336 e. The van der Waals surface area contributed by atoms with Gasteiger partial charge in [-0.3, -0.25) is 9.63 Å². The average Bonchev–Trinajstić information content (AvgIpc) is 2.27. The van der Waals surface area contributed by atoms with Crippen molar-refractivity contribution in [1.29, 1.82) is 0 Å². The summed E-state index contributed by atoms with van der Waals surface area (Å²) in [6.45, 7) is 0. The first-order chi connectivity index (χ1) is 7.65. The molecule has 0 aliphatic carbocycles. The van der Waals surface area contributed by atoms with Crippen LogP contribution >= 0.6 is 0 Å². The Morgan fingerprint density at radius 1 is 1.31 bits per heavy atom. The van der Waals surface area contributed by atoms with Gasteiger partial charge in [0.05, 0.1) is 12.7 Å². The number of hydrogen-bond donors (Lipinski definition) is 2. The van der Waals surface area contributed by atoms with Gasteiger partial charge in [0.15, 0.2) is 0 Å². The molecule has 1 aromatic rings. The van der Waals surface area contributed by atoms with Crippen LogP contribution in [0.25, 0.3) is 5.57 Å². The minimum absolute atomic E-state index is 0.0878. The molecule has 16 heavy (non-hydrogen) atoms. The van der Waals surface area contributed by atoms with E-state index in [1.165, 1.54) is 7.11 Å². The molecule has 0 spiro atoms. The van der Waals surface area contributed by atoms with Crippen LogP contribution in [-0.4, -0.2) is 24.1 Å². The number of nitrogens with one attached hydrogen (secondary N) is 1. The number of carbonyl (C=O) groups is 2. The summed E-state index contributed by atoms with van der Waals surface area (Å²) in [7, 11) is 1.27. The van der Waals surface area contributed by atoms with Crippen molar-refractivity contribution >= 4 is 17.4 Å². The molecule has 0 saturated carbocycles. The van der Waals surface area contributed by atoms with Crippen LogP contribution in [0.5, 0.6) is 0 Å². The van der Waals surface area contributed by atoms with Gasteiger partial charge >= 0.3 is 5.97 Å². The zero-order valence-electron chi connectivity index (χ0n) is 8.64. The second-order valence-corrected chi connectivity index (χ2v) is 2.90. The van der Waals surface area contributed by atoms with Gasteiger partial charge in [-0.25, -0.2) is 10.3 Å². The lowest BCUT2D eigenvalue weighted by atomic mass is 10.1. The highest BCUT2D eigenvalue weighted by Crippen LogP contribution is 2.13. The molecule has 5 heteroatoms. The van der Waals surface area contributed by atoms with Gasteiger partial charge in [-0.15, -0.1) is 0 Å². The summed E-state index contributed by atoms with van der Waals surface area (Å²) in [5.74, 6) is -1.79. The van der Waals surface area contributed by atoms with Crippen molar-refractivity contribution in [1.82, 2.24) is 5.48 Å². The number of carbonyl (C=O) groups excluding carboxylic acids is 1. The topological polar surface area (TPSA) is 75.6 Å². The molecule has 0 fully saturated rings. The smallest absolute Gasteiger partial charge is 0.336 e. The predicted molar refractivity (Wildman–Crippen MR) is 57.2 cm³/mol. The fourth-order valence-corrected chi connectivity index (χ4v) is 1.15. The highest BCUT2D eigenvalue weighted by Gasteiger charge is 2.11. The molecule has 0 atom stereocenters. The van der Waals surface area contributed by atoms with Gasteiger partial charge in [0, 0.05) is 6.08 Å². The van der Waals surface area contributed by atoms with Crippen LogP contribution in [-0.2, 0) is 14.4 Å². The van der Waals surface area contributed by atoms with Crippen molar-refractivity contribution in [2.75, 3.05) is 7.11 Å². The number of rotatable bonds is 4. The van der Waals surface area contributed by atoms with E-state index < -0.39 is 11.9 Å². The molecule has 0 aromatic heterocycles. The normalized spacial score (nSPS) is 10.9. The number of carboxylic acids is 1. The fourth-order valence-electron chi connectivity index (χ4n) is 1.15. The average molecular weight is 221 g/mol. The number of aliphatic carboxylic acids is 1. The molecule has 0 bridgehead atoms. The Hall–Kier alpha value is -2.14. The van der Waals surface area contributed by atoms with Gasteiger partial charge in [0.2, 0.25) is 0 Å². The maximum absolute atomic E-state index is 11.2. The van der Waals surface area contributed by atoms with Crippen LogP contribution < -0.4 is 5.48 Å². The van der Waals surface area contributed by atoms with Gasteiger partial charge in [-0.1, -0.05) is 30.3 Å². The molecule has 0 radical (unpaired) electrons. The Morgan fingerprint density at radius 2 is 1.94 bits per heavy atom. The Bertz CT molecular complexity index is 411. The minimum Gasteiger partial charge on any atom is -0.478 e. The highest BCUT2D eigenvalue weighted by atomic mass is 16.6. The lowest BCUT2D eigenvalue weighted by molar-refractivity contribution is -0.131. The van der Waals surface area contributed by atoms with Crippen LogP contribution in [0, 0.1) is 0 Å². The molecule has 2 N–H and O–H groups in total. The van der Waals surface area contributed by atoms with E-state index in [2.05, 4.69) is 4.84 Å². The summed E-state index contributed by atoms with van der Waals surface area (Å²) >= 11 is 0. The zero-order valence-corrected chi connectivity index (χ0v) is 8.64. The van der Waals surface area contributed by atoms with E-state index >= 15 is 0 Å². The Labute approximate surface area is 92.3 Å². The van der Waals surface area contributed by atoms with E-state index in [4.69, 9.17) is 5.11 Å². The largest absolute Gasteiger partial charge is 0.478 e. The molecular formula is C11H11NO4. The molecule has 5 nitrogen and oxygen atoms in total. The second-order valence-electron chi connectivity index (χ2n) is 2.90. The van der Waals surface area contributed by atoms with Gasteiger partial charge in [-0.2, -0.15) is 0 Å². The van der Waals surface area contributed by atoms with Gasteiger partial charge in [0.25, 0.3) is 5.91 Å². The Kier molecular flexibility index (Phi) is 4.23. The van der Waals surface area contributed by atoms with Crippen molar-refractivity contribution in [2.24, 2.45) is 0 Å². The first-order valence-electron chi connectivity index (χ1n) is 4.48. The summed E-state index contributed by atoms with van der Waals surface area (Å²) in [6, 6.07) is 8.37. The summed E-state index contributed by atoms with van der Waals surface area (Å²) in [6.07, 6.45) is 0.973. The monoisotopic (exact) mass is 221 g/mol. The minimum atomic E-state index is -1.17. The van der Waals surface area contributed by atoms with Crippen LogP contribution in [0.4, 0.5) is 0 Å². The lowest BCUT2D eigenvalue weighted by Crippen LogP contribution is -2.20. The fraction of sp³-hybridized carbons (Fsp3) is 0.0909. The molecule has 1 aromatic carbocycles. The molecule has 0 aliphatic heterocycles. The van der Waals surface area contributed by atoms with E-state index in [9.17, 15) is 9.59 Å². The van der Waals surface area contributed by atoms with Gasteiger partial charge in [-0.05, 0) is 5.56 Å². The van der Waals surface area contributed by atoms with Crippen molar-refractivity contribution < 1.29 is 19.5 Å². The molecular weight excluding hydrogens is 210 g/mol. The second kappa shape index (κ2) is 5.67. The highest BCUT2D eigenvalue weighted by molar-refractivity contribution is 6.20. The number of benzene rings is 1. The molecule has 0 saturated heterocycles. The molecule has 1 amide bonds. The quantitative estimate of drug-likeness (QED) is 0.583. The van der Waals surface area contributed by atoms with Gasteiger partial charge in [0.1, 0.15) is 0 Å². The molecule has 0 heterocycles. The Morgan fingerprint density at radius 3 is 2.44 bits per heavy atom. The van der Waals surface area contributed by atoms with Crippen molar-refractivity contribution in [3.8, 4) is 0 Å². The summed E-state index contributed by atoms with van der Waals surface area (Å²) < 4.78 is 0. The maximum atomic E-state index is 11.2. The van der Waals surface area contributed by atoms with Crippen LogP contribution in [0.3, 0.4) is 0 Å². The van der Waals surface area contributed by atoms with E-state index in [1.807, 2.05) is 5.48 Å². The lowest BCUT2D eigenvalue weighted by Gasteiger charge is -2.02. The van der Waals surface area contributed by atoms with Gasteiger partial charge < -0.3 is 5.11 Å². The van der Waals surface area contributed by atoms with E-state index in [1.54, 1.807) is 30.3 Å². The van der Waals surface area contributed by atoms with Crippen molar-refractivity contribution in [3.63, 3.8) is 0 Å². The number of hydrogen-bond acceptors (Lipinski definition) is 3. The standard InChI is InChI=1S/C11H11NO4/c1-16-12-10(13)7-9(11(14)15)8-5-3-2-4-6-8/h2-7H,1H3,(H,12,13)(H,14,15)/b9-7-. The van der Waals surface area contributed by atoms with Crippen molar-refractivity contribution in [3.05, 3.63) is 42.0 Å².